The summed E-state index contributed by atoms with van der Waals surface area (Å²) in [5.74, 6) is 0.359. The Labute approximate surface area is 142 Å². The first-order valence-corrected chi connectivity index (χ1v) is 7.29. The van der Waals surface area contributed by atoms with E-state index in [0.717, 1.165) is 0 Å². The number of aromatic hydroxyl groups is 2. The summed E-state index contributed by atoms with van der Waals surface area (Å²) in [6.45, 7) is 0. The standard InChI is InChI=1S/C18H16O7/c1-22-14-6-9(4-5-11(14)19)13-8-12(20)10-7-15(23-2)18(24-3)16(21)17(10)25-13/h4-8,19,21H,1-3H3. The second kappa shape index (κ2) is 6.27. The number of fused-ring (bicyclic) bond motifs is 1. The lowest BCUT2D eigenvalue weighted by atomic mass is 10.1. The maximum atomic E-state index is 12.5. The van der Waals surface area contributed by atoms with E-state index in [4.69, 9.17) is 18.6 Å². The third-order valence-corrected chi connectivity index (χ3v) is 3.80. The summed E-state index contributed by atoms with van der Waals surface area (Å²) in [6, 6.07) is 7.25. The van der Waals surface area contributed by atoms with Gasteiger partial charge in [0.25, 0.3) is 0 Å². The fourth-order valence-corrected chi connectivity index (χ4v) is 2.55. The predicted octanol–water partition coefficient (Wildman–Crippen LogP) is 2.90. The number of phenolic OH excluding ortho intramolecular Hbond substituents is 2. The molecular formula is C18H16O7. The highest BCUT2D eigenvalue weighted by molar-refractivity contribution is 5.89. The molecule has 0 atom stereocenters. The molecule has 2 aromatic carbocycles. The molecule has 0 aliphatic carbocycles. The molecule has 7 nitrogen and oxygen atoms in total. The Hall–Kier alpha value is -3.35. The Bertz CT molecular complexity index is 1000. The molecular weight excluding hydrogens is 328 g/mol. The molecule has 130 valence electrons. The molecule has 1 aromatic heterocycles. The quantitative estimate of drug-likeness (QED) is 0.751. The molecule has 0 aliphatic heterocycles. The van der Waals surface area contributed by atoms with Gasteiger partial charge in [-0.2, -0.15) is 0 Å². The van der Waals surface area contributed by atoms with Crippen LogP contribution in [0.4, 0.5) is 0 Å². The summed E-state index contributed by atoms with van der Waals surface area (Å²) in [6.07, 6.45) is 0. The summed E-state index contributed by atoms with van der Waals surface area (Å²) in [4.78, 5) is 12.5. The Morgan fingerprint density at radius 2 is 1.64 bits per heavy atom. The van der Waals surface area contributed by atoms with Crippen LogP contribution in [0.2, 0.25) is 0 Å². The lowest BCUT2D eigenvalue weighted by Gasteiger charge is -2.12. The van der Waals surface area contributed by atoms with E-state index in [-0.39, 0.29) is 50.9 Å². The molecule has 1 heterocycles. The largest absolute Gasteiger partial charge is 0.504 e. The highest BCUT2D eigenvalue weighted by atomic mass is 16.5. The van der Waals surface area contributed by atoms with E-state index in [1.54, 1.807) is 6.07 Å². The zero-order valence-electron chi connectivity index (χ0n) is 13.8. The van der Waals surface area contributed by atoms with Crippen molar-refractivity contribution < 1.29 is 28.8 Å². The second-order valence-corrected chi connectivity index (χ2v) is 5.20. The normalized spacial score (nSPS) is 10.7. The molecule has 3 rings (SSSR count). The van der Waals surface area contributed by atoms with Crippen molar-refractivity contribution in [3.05, 3.63) is 40.6 Å². The number of methoxy groups -OCH3 is 3. The maximum absolute atomic E-state index is 12.5. The van der Waals surface area contributed by atoms with Crippen molar-refractivity contribution in [2.75, 3.05) is 21.3 Å². The zero-order chi connectivity index (χ0) is 18.1. The number of benzene rings is 2. The van der Waals surface area contributed by atoms with Crippen LogP contribution in [-0.2, 0) is 0 Å². The SMILES string of the molecule is COc1cc(-c2cc(=O)c3cc(OC)c(OC)c(O)c3o2)ccc1O. The highest BCUT2D eigenvalue weighted by Crippen LogP contribution is 2.42. The van der Waals surface area contributed by atoms with Crippen molar-refractivity contribution in [2.24, 2.45) is 0 Å². The topological polar surface area (TPSA) is 98.4 Å². The molecule has 0 amide bonds. The van der Waals surface area contributed by atoms with Crippen LogP contribution in [0.1, 0.15) is 0 Å². The summed E-state index contributed by atoms with van der Waals surface area (Å²) in [7, 11) is 4.19. The molecule has 0 radical (unpaired) electrons. The van der Waals surface area contributed by atoms with Crippen molar-refractivity contribution in [1.82, 2.24) is 0 Å². The maximum Gasteiger partial charge on any atom is 0.207 e. The number of hydrogen-bond acceptors (Lipinski definition) is 7. The predicted molar refractivity (Wildman–Crippen MR) is 90.9 cm³/mol. The van der Waals surface area contributed by atoms with E-state index >= 15 is 0 Å². The lowest BCUT2D eigenvalue weighted by Crippen LogP contribution is -2.02. The third-order valence-electron chi connectivity index (χ3n) is 3.80. The van der Waals surface area contributed by atoms with E-state index in [0.29, 0.717) is 5.56 Å². The molecule has 2 N–H and O–H groups in total. The summed E-state index contributed by atoms with van der Waals surface area (Å²) in [5.41, 5.74) is 0.120. The van der Waals surface area contributed by atoms with Gasteiger partial charge in [-0.05, 0) is 24.3 Å². The van der Waals surface area contributed by atoms with Gasteiger partial charge in [0.05, 0.1) is 26.7 Å². The fourth-order valence-electron chi connectivity index (χ4n) is 2.55. The zero-order valence-corrected chi connectivity index (χ0v) is 13.8. The monoisotopic (exact) mass is 344 g/mol. The summed E-state index contributed by atoms with van der Waals surface area (Å²) < 4.78 is 21.0. The van der Waals surface area contributed by atoms with Crippen molar-refractivity contribution in [1.29, 1.82) is 0 Å². The lowest BCUT2D eigenvalue weighted by molar-refractivity contribution is 0.332. The van der Waals surface area contributed by atoms with Crippen molar-refractivity contribution >= 4 is 11.0 Å². The van der Waals surface area contributed by atoms with Gasteiger partial charge >= 0.3 is 0 Å². The molecule has 0 unspecified atom stereocenters. The molecule has 7 heteroatoms. The van der Waals surface area contributed by atoms with E-state index in [9.17, 15) is 15.0 Å². The van der Waals surface area contributed by atoms with Gasteiger partial charge in [0, 0.05) is 11.6 Å². The van der Waals surface area contributed by atoms with E-state index < -0.39 is 0 Å². The number of hydrogen-bond donors (Lipinski definition) is 2. The average molecular weight is 344 g/mol. The van der Waals surface area contributed by atoms with Crippen LogP contribution in [0.5, 0.6) is 28.7 Å². The van der Waals surface area contributed by atoms with Crippen molar-refractivity contribution in [3.8, 4) is 40.1 Å². The average Bonchev–Trinajstić information content (AvgIpc) is 2.62. The molecule has 0 bridgehead atoms. The second-order valence-electron chi connectivity index (χ2n) is 5.20. The van der Waals surface area contributed by atoms with Crippen LogP contribution < -0.4 is 19.6 Å². The van der Waals surface area contributed by atoms with E-state index in [2.05, 4.69) is 0 Å². The summed E-state index contributed by atoms with van der Waals surface area (Å²) in [5, 5.41) is 20.2. The molecule has 0 fully saturated rings. The first-order valence-electron chi connectivity index (χ1n) is 7.29. The van der Waals surface area contributed by atoms with Crippen LogP contribution in [-0.4, -0.2) is 31.5 Å². The molecule has 25 heavy (non-hydrogen) atoms. The first-order chi connectivity index (χ1) is 12.0. The molecule has 0 saturated heterocycles. The molecule has 0 saturated carbocycles. The molecule has 0 aliphatic rings. The minimum Gasteiger partial charge on any atom is -0.504 e. The highest BCUT2D eigenvalue weighted by Gasteiger charge is 2.19. The minimum atomic E-state index is -0.362. The first kappa shape index (κ1) is 16.5. The van der Waals surface area contributed by atoms with E-state index in [1.165, 1.54) is 45.6 Å². The van der Waals surface area contributed by atoms with Gasteiger partial charge < -0.3 is 28.8 Å². The Kier molecular flexibility index (Phi) is 4.14. The van der Waals surface area contributed by atoms with Gasteiger partial charge in [-0.1, -0.05) is 0 Å². The Morgan fingerprint density at radius 1 is 0.920 bits per heavy atom. The van der Waals surface area contributed by atoms with Gasteiger partial charge in [-0.3, -0.25) is 4.79 Å². The number of ether oxygens (including phenoxy) is 3. The van der Waals surface area contributed by atoms with Gasteiger partial charge in [0.1, 0.15) is 5.76 Å². The van der Waals surface area contributed by atoms with Gasteiger partial charge in [-0.15, -0.1) is 0 Å². The van der Waals surface area contributed by atoms with Gasteiger partial charge in [0.2, 0.25) is 11.5 Å². The van der Waals surface area contributed by atoms with Crippen molar-refractivity contribution in [3.63, 3.8) is 0 Å². The third kappa shape index (κ3) is 2.69. The molecule has 0 spiro atoms. The van der Waals surface area contributed by atoms with E-state index in [1.807, 2.05) is 0 Å². The van der Waals surface area contributed by atoms with Gasteiger partial charge in [0.15, 0.2) is 28.3 Å². The molecule has 3 aromatic rings. The fraction of sp³-hybridized carbons (Fsp3) is 0.167. The summed E-state index contributed by atoms with van der Waals surface area (Å²) >= 11 is 0. The van der Waals surface area contributed by atoms with Crippen LogP contribution in [0.15, 0.2) is 39.5 Å². The van der Waals surface area contributed by atoms with Crippen LogP contribution in [0.25, 0.3) is 22.3 Å². The Morgan fingerprint density at radius 3 is 2.28 bits per heavy atom. The van der Waals surface area contributed by atoms with Crippen LogP contribution in [0.3, 0.4) is 0 Å². The van der Waals surface area contributed by atoms with Crippen LogP contribution in [0, 0.1) is 0 Å². The van der Waals surface area contributed by atoms with Crippen molar-refractivity contribution in [2.45, 2.75) is 0 Å². The smallest absolute Gasteiger partial charge is 0.207 e. The minimum absolute atomic E-state index is 0.0211. The number of phenols is 2. The van der Waals surface area contributed by atoms with Gasteiger partial charge in [-0.25, -0.2) is 0 Å². The number of rotatable bonds is 4. The van der Waals surface area contributed by atoms with Crippen LogP contribution >= 0.6 is 0 Å². The Balaban J connectivity index is 2.29.